The van der Waals surface area contributed by atoms with E-state index < -0.39 is 40.6 Å². The largest absolute Gasteiger partial charge is 0.435 e. The van der Waals surface area contributed by atoms with Crippen molar-refractivity contribution in [1.29, 1.82) is 0 Å². The minimum Gasteiger partial charge on any atom is -0.378 e. The van der Waals surface area contributed by atoms with Crippen molar-refractivity contribution in [2.75, 3.05) is 19.6 Å². The summed E-state index contributed by atoms with van der Waals surface area (Å²) in [6.45, 7) is 1.13. The van der Waals surface area contributed by atoms with Gasteiger partial charge in [0.1, 0.15) is 11.1 Å². The summed E-state index contributed by atoms with van der Waals surface area (Å²) in [7, 11) is 0. The first-order valence-electron chi connectivity index (χ1n) is 9.88. The maximum atomic E-state index is 13.4. The summed E-state index contributed by atoms with van der Waals surface area (Å²) < 4.78 is 78.5. The molecule has 32 heavy (non-hydrogen) atoms. The highest BCUT2D eigenvalue weighted by molar-refractivity contribution is 7.13. The topological polar surface area (TPSA) is 65.5 Å². The van der Waals surface area contributed by atoms with Crippen LogP contribution < -0.4 is 5.32 Å². The second-order valence-electron chi connectivity index (χ2n) is 7.41. The molecule has 1 atom stereocenters. The molecule has 1 unspecified atom stereocenters. The molecule has 1 aliphatic rings. The van der Waals surface area contributed by atoms with Gasteiger partial charge in [0.2, 0.25) is 0 Å². The number of alkyl halides is 6. The minimum absolute atomic E-state index is 0.0103. The van der Waals surface area contributed by atoms with E-state index in [0.29, 0.717) is 24.4 Å². The number of nitrogens with zero attached hydrogens (tertiary/aromatic N) is 2. The number of aliphatic hydroxyl groups excluding tert-OH is 1. The fourth-order valence-corrected chi connectivity index (χ4v) is 4.45. The Morgan fingerprint density at radius 1 is 1.16 bits per heavy atom. The first-order valence-corrected chi connectivity index (χ1v) is 10.7. The van der Waals surface area contributed by atoms with Gasteiger partial charge in [-0.05, 0) is 30.9 Å². The Bertz CT molecular complexity index is 938. The van der Waals surface area contributed by atoms with Crippen LogP contribution >= 0.6 is 11.3 Å². The molecule has 0 spiro atoms. The van der Waals surface area contributed by atoms with E-state index in [1.54, 1.807) is 4.90 Å². The van der Waals surface area contributed by atoms with Crippen molar-refractivity contribution < 1.29 is 36.2 Å². The third kappa shape index (κ3) is 6.20. The monoisotopic (exact) mass is 481 g/mol. The summed E-state index contributed by atoms with van der Waals surface area (Å²) in [5.41, 5.74) is -1.89. The molecule has 0 aliphatic carbocycles. The third-order valence-electron chi connectivity index (χ3n) is 5.02. The van der Waals surface area contributed by atoms with Gasteiger partial charge in [-0.1, -0.05) is 18.2 Å². The first-order chi connectivity index (χ1) is 14.9. The zero-order valence-corrected chi connectivity index (χ0v) is 17.6. The van der Waals surface area contributed by atoms with Gasteiger partial charge in [-0.2, -0.15) is 26.3 Å². The number of rotatable bonds is 7. The second kappa shape index (κ2) is 9.75. The van der Waals surface area contributed by atoms with Gasteiger partial charge in [-0.3, -0.25) is 9.69 Å². The molecule has 2 heterocycles. The molecule has 12 heteroatoms. The average molecular weight is 481 g/mol. The molecule has 1 fully saturated rings. The Kier molecular flexibility index (Phi) is 7.46. The SMILES string of the molecule is O=C(NCCc1cccc(C(F)(F)F)c1)c1sc(CC(O)N2CCCC2)nc1C(F)(F)F. The van der Waals surface area contributed by atoms with Crippen LogP contribution in [0.1, 0.15) is 44.3 Å². The van der Waals surface area contributed by atoms with Crippen LogP contribution in [0.3, 0.4) is 0 Å². The lowest BCUT2D eigenvalue weighted by atomic mass is 10.1. The van der Waals surface area contributed by atoms with Crippen molar-refractivity contribution in [2.24, 2.45) is 0 Å². The molecule has 1 aromatic heterocycles. The Morgan fingerprint density at radius 2 is 1.84 bits per heavy atom. The molecule has 2 aromatic rings. The number of aliphatic hydroxyl groups is 1. The molecule has 0 bridgehead atoms. The Hall–Kier alpha value is -2.18. The Morgan fingerprint density at radius 3 is 2.47 bits per heavy atom. The molecule has 3 rings (SSSR count). The maximum absolute atomic E-state index is 13.4. The number of carbonyl (C=O) groups is 1. The molecule has 0 saturated carbocycles. The lowest BCUT2D eigenvalue weighted by Gasteiger charge is -2.21. The summed E-state index contributed by atoms with van der Waals surface area (Å²) in [6, 6.07) is 4.50. The number of benzene rings is 1. The van der Waals surface area contributed by atoms with Gasteiger partial charge < -0.3 is 10.4 Å². The van der Waals surface area contributed by atoms with Crippen molar-refractivity contribution in [2.45, 2.75) is 44.3 Å². The van der Waals surface area contributed by atoms with Crippen LogP contribution in [0.25, 0.3) is 0 Å². The van der Waals surface area contributed by atoms with E-state index in [1.165, 1.54) is 12.1 Å². The normalized spacial score (nSPS) is 16.3. The number of thiazole rings is 1. The lowest BCUT2D eigenvalue weighted by molar-refractivity contribution is -0.141. The van der Waals surface area contributed by atoms with E-state index in [9.17, 15) is 36.2 Å². The fourth-order valence-electron chi connectivity index (χ4n) is 3.43. The lowest BCUT2D eigenvalue weighted by Crippen LogP contribution is -2.34. The highest BCUT2D eigenvalue weighted by Crippen LogP contribution is 2.35. The van der Waals surface area contributed by atoms with Crippen molar-refractivity contribution in [3.05, 3.63) is 51.0 Å². The maximum Gasteiger partial charge on any atom is 0.435 e. The van der Waals surface area contributed by atoms with E-state index in [0.717, 1.165) is 25.0 Å². The van der Waals surface area contributed by atoms with Crippen molar-refractivity contribution in [1.82, 2.24) is 15.2 Å². The molecule has 1 aromatic carbocycles. The molecular formula is C20H21F6N3O2S. The van der Waals surface area contributed by atoms with E-state index in [2.05, 4.69) is 10.3 Å². The van der Waals surface area contributed by atoms with Crippen LogP contribution in [0.15, 0.2) is 24.3 Å². The summed E-state index contributed by atoms with van der Waals surface area (Å²) in [5, 5.41) is 12.5. The van der Waals surface area contributed by atoms with Crippen LogP contribution in [0, 0.1) is 0 Å². The number of carbonyl (C=O) groups excluding carboxylic acids is 1. The highest BCUT2D eigenvalue weighted by Gasteiger charge is 2.40. The predicted octanol–water partition coefficient (Wildman–Crippen LogP) is 4.11. The fraction of sp³-hybridized carbons (Fsp3) is 0.500. The smallest absolute Gasteiger partial charge is 0.378 e. The molecule has 0 radical (unpaired) electrons. The van der Waals surface area contributed by atoms with Crippen LogP contribution in [-0.2, 0) is 25.2 Å². The number of aromatic nitrogens is 1. The number of halogens is 6. The molecule has 1 saturated heterocycles. The number of hydrogen-bond donors (Lipinski definition) is 2. The van der Waals surface area contributed by atoms with Gasteiger partial charge in [-0.25, -0.2) is 4.98 Å². The Balaban J connectivity index is 1.66. The molecule has 2 N–H and O–H groups in total. The highest BCUT2D eigenvalue weighted by atomic mass is 32.1. The van der Waals surface area contributed by atoms with Gasteiger partial charge in [-0.15, -0.1) is 11.3 Å². The van der Waals surface area contributed by atoms with E-state index in [4.69, 9.17) is 0 Å². The van der Waals surface area contributed by atoms with Crippen molar-refractivity contribution in [3.63, 3.8) is 0 Å². The standard InChI is InChI=1S/C20H21F6N3O2S/c21-19(22,23)13-5-3-4-12(10-13)6-7-27-18(31)16-17(20(24,25)26)28-14(32-16)11-15(30)29-8-1-2-9-29/h3-5,10,15,30H,1-2,6-9,11H2,(H,27,31). The number of nitrogens with one attached hydrogen (secondary N) is 1. The van der Waals surface area contributed by atoms with Crippen LogP contribution in [-0.4, -0.2) is 46.8 Å². The molecular weight excluding hydrogens is 460 g/mol. The van der Waals surface area contributed by atoms with Crippen LogP contribution in [0.2, 0.25) is 0 Å². The molecule has 176 valence electrons. The zero-order chi connectivity index (χ0) is 23.5. The quantitative estimate of drug-likeness (QED) is 0.585. The van der Waals surface area contributed by atoms with E-state index in [-0.39, 0.29) is 30.0 Å². The van der Waals surface area contributed by atoms with E-state index >= 15 is 0 Å². The second-order valence-corrected chi connectivity index (χ2v) is 8.50. The van der Waals surface area contributed by atoms with Crippen molar-refractivity contribution >= 4 is 17.2 Å². The third-order valence-corrected chi connectivity index (χ3v) is 6.10. The average Bonchev–Trinajstić information content (AvgIpc) is 3.37. The van der Waals surface area contributed by atoms with Crippen molar-refractivity contribution in [3.8, 4) is 0 Å². The van der Waals surface area contributed by atoms with Crippen LogP contribution in [0.4, 0.5) is 26.3 Å². The summed E-state index contributed by atoms with van der Waals surface area (Å²) in [5.74, 6) is -1.01. The summed E-state index contributed by atoms with van der Waals surface area (Å²) >= 11 is 0.555. The Labute approximate surface area is 184 Å². The van der Waals surface area contributed by atoms with Gasteiger partial charge in [0.15, 0.2) is 5.69 Å². The van der Waals surface area contributed by atoms with Crippen LogP contribution in [0.5, 0.6) is 0 Å². The number of hydrogen-bond acceptors (Lipinski definition) is 5. The summed E-state index contributed by atoms with van der Waals surface area (Å²) in [4.78, 5) is 17.0. The van der Waals surface area contributed by atoms with Gasteiger partial charge in [0.25, 0.3) is 5.91 Å². The first kappa shape index (κ1) is 24.5. The van der Waals surface area contributed by atoms with Gasteiger partial charge in [0.05, 0.1) is 10.6 Å². The summed E-state index contributed by atoms with van der Waals surface area (Å²) in [6.07, 6.45) is -8.70. The van der Waals surface area contributed by atoms with E-state index in [1.807, 2.05) is 0 Å². The van der Waals surface area contributed by atoms with Gasteiger partial charge in [0, 0.05) is 26.1 Å². The van der Waals surface area contributed by atoms with Gasteiger partial charge >= 0.3 is 12.4 Å². The molecule has 1 amide bonds. The number of likely N-dealkylation sites (tertiary alicyclic amines) is 1. The molecule has 1 aliphatic heterocycles. The predicted molar refractivity (Wildman–Crippen MR) is 105 cm³/mol. The number of amides is 1. The minimum atomic E-state index is -4.86. The zero-order valence-electron chi connectivity index (χ0n) is 16.8. The molecule has 5 nitrogen and oxygen atoms in total.